The molecule has 0 atom stereocenters. The van der Waals surface area contributed by atoms with Crippen molar-refractivity contribution >= 4 is 16.9 Å². The third-order valence-corrected chi connectivity index (χ3v) is 4.45. The Balaban J connectivity index is 1.56. The number of amides is 1. The molecular weight excluding hydrogens is 280 g/mol. The molecule has 3 heterocycles. The summed E-state index contributed by atoms with van der Waals surface area (Å²) in [6.07, 6.45) is 4.34. The Morgan fingerprint density at radius 3 is 2.82 bits per heavy atom. The van der Waals surface area contributed by atoms with Gasteiger partial charge in [0.15, 0.2) is 0 Å². The van der Waals surface area contributed by atoms with Gasteiger partial charge in [-0.2, -0.15) is 10.2 Å². The van der Waals surface area contributed by atoms with Gasteiger partial charge in [-0.3, -0.25) is 14.2 Å². The van der Waals surface area contributed by atoms with Crippen molar-refractivity contribution in [2.75, 3.05) is 20.1 Å². The molecule has 0 spiro atoms. The van der Waals surface area contributed by atoms with Gasteiger partial charge >= 0.3 is 0 Å². The molecule has 0 aliphatic carbocycles. The van der Waals surface area contributed by atoms with E-state index in [2.05, 4.69) is 27.5 Å². The number of carbonyl (C=O) groups is 1. The van der Waals surface area contributed by atoms with Crippen LogP contribution in [-0.2, 0) is 18.4 Å². The monoisotopic (exact) mass is 304 g/mol. The third kappa shape index (κ3) is 2.99. The van der Waals surface area contributed by atoms with E-state index in [1.54, 1.807) is 0 Å². The lowest BCUT2D eigenvalue weighted by molar-refractivity contribution is -0.122. The molecule has 0 bridgehead atoms. The first kappa shape index (κ1) is 15.0. The van der Waals surface area contributed by atoms with Gasteiger partial charge in [0.05, 0.1) is 18.4 Å². The predicted octanol–water partition coefficient (Wildman–Crippen LogP) is 0.679. The Labute approximate surface area is 130 Å². The molecule has 7 nitrogen and oxygen atoms in total. The van der Waals surface area contributed by atoms with Crippen LogP contribution in [0.3, 0.4) is 0 Å². The van der Waals surface area contributed by atoms with Crippen molar-refractivity contribution in [1.29, 1.82) is 0 Å². The lowest BCUT2D eigenvalue weighted by atomic mass is 10.1. The molecule has 2 aromatic rings. The molecule has 1 saturated heterocycles. The standard InChI is InChI=1S/C15H24N6O/c1-11-15-13(20(3)18-11)10-16-21(15)9-6-14(22)17-12-4-7-19(2)8-5-12/h10,12H,4-9H2,1-3H3,(H,17,22). The van der Waals surface area contributed by atoms with E-state index >= 15 is 0 Å². The van der Waals surface area contributed by atoms with Crippen molar-refractivity contribution in [2.45, 2.75) is 38.8 Å². The summed E-state index contributed by atoms with van der Waals surface area (Å²) in [5, 5.41) is 11.9. The van der Waals surface area contributed by atoms with Gasteiger partial charge in [0, 0.05) is 19.5 Å². The molecule has 7 heteroatoms. The van der Waals surface area contributed by atoms with E-state index in [9.17, 15) is 4.79 Å². The van der Waals surface area contributed by atoms with Crippen molar-refractivity contribution < 1.29 is 4.79 Å². The Morgan fingerprint density at radius 2 is 2.09 bits per heavy atom. The number of aromatic nitrogens is 4. The summed E-state index contributed by atoms with van der Waals surface area (Å²) < 4.78 is 3.71. The van der Waals surface area contributed by atoms with Gasteiger partial charge in [0.25, 0.3) is 0 Å². The molecule has 1 amide bonds. The zero-order chi connectivity index (χ0) is 15.7. The van der Waals surface area contributed by atoms with Crippen molar-refractivity contribution in [2.24, 2.45) is 7.05 Å². The maximum Gasteiger partial charge on any atom is 0.222 e. The average molecular weight is 304 g/mol. The fourth-order valence-electron chi connectivity index (χ4n) is 3.14. The highest BCUT2D eigenvalue weighted by atomic mass is 16.1. The van der Waals surface area contributed by atoms with Crippen molar-refractivity contribution in [3.63, 3.8) is 0 Å². The van der Waals surface area contributed by atoms with Gasteiger partial charge < -0.3 is 10.2 Å². The van der Waals surface area contributed by atoms with E-state index in [4.69, 9.17) is 0 Å². The Bertz CT molecular complexity index is 665. The van der Waals surface area contributed by atoms with E-state index < -0.39 is 0 Å². The summed E-state index contributed by atoms with van der Waals surface area (Å²) in [5.41, 5.74) is 2.98. The molecule has 0 radical (unpaired) electrons. The Morgan fingerprint density at radius 1 is 1.36 bits per heavy atom. The van der Waals surface area contributed by atoms with Crippen molar-refractivity contribution in [1.82, 2.24) is 29.8 Å². The highest BCUT2D eigenvalue weighted by molar-refractivity contribution is 5.78. The first-order chi connectivity index (χ1) is 10.5. The zero-order valence-electron chi connectivity index (χ0n) is 13.5. The van der Waals surface area contributed by atoms with E-state index in [0.717, 1.165) is 42.7 Å². The minimum atomic E-state index is 0.111. The van der Waals surface area contributed by atoms with Crippen LogP contribution in [0.15, 0.2) is 6.20 Å². The quantitative estimate of drug-likeness (QED) is 0.902. The van der Waals surface area contributed by atoms with Gasteiger partial charge in [0.1, 0.15) is 11.0 Å². The minimum absolute atomic E-state index is 0.111. The van der Waals surface area contributed by atoms with Gasteiger partial charge in [-0.05, 0) is 39.9 Å². The summed E-state index contributed by atoms with van der Waals surface area (Å²) >= 11 is 0. The molecule has 2 aromatic heterocycles. The van der Waals surface area contributed by atoms with Crippen LogP contribution >= 0.6 is 0 Å². The fourth-order valence-corrected chi connectivity index (χ4v) is 3.14. The lowest BCUT2D eigenvalue weighted by Crippen LogP contribution is -2.43. The van der Waals surface area contributed by atoms with Crippen LogP contribution in [0.2, 0.25) is 0 Å². The molecule has 1 fully saturated rings. The summed E-state index contributed by atoms with van der Waals surface area (Å²) in [6.45, 7) is 4.67. The molecule has 3 rings (SSSR count). The average Bonchev–Trinajstić information content (AvgIpc) is 3.02. The van der Waals surface area contributed by atoms with Crippen molar-refractivity contribution in [3.8, 4) is 0 Å². The summed E-state index contributed by atoms with van der Waals surface area (Å²) in [5.74, 6) is 0.111. The second-order valence-electron chi connectivity index (χ2n) is 6.21. The second kappa shape index (κ2) is 6.08. The van der Waals surface area contributed by atoms with E-state index in [1.165, 1.54) is 0 Å². The minimum Gasteiger partial charge on any atom is -0.353 e. The molecule has 0 aromatic carbocycles. The van der Waals surface area contributed by atoms with Crippen LogP contribution in [0.25, 0.3) is 11.0 Å². The van der Waals surface area contributed by atoms with Crippen LogP contribution in [0.4, 0.5) is 0 Å². The van der Waals surface area contributed by atoms with Crippen molar-refractivity contribution in [3.05, 3.63) is 11.9 Å². The van der Waals surface area contributed by atoms with E-state index in [1.807, 2.05) is 29.5 Å². The van der Waals surface area contributed by atoms with Gasteiger partial charge in [-0.25, -0.2) is 0 Å². The maximum atomic E-state index is 12.1. The highest BCUT2D eigenvalue weighted by Gasteiger charge is 2.18. The number of nitrogens with zero attached hydrogens (tertiary/aromatic N) is 5. The number of nitrogens with one attached hydrogen (secondary N) is 1. The summed E-state index contributed by atoms with van der Waals surface area (Å²) in [6, 6.07) is 0.321. The Hall–Kier alpha value is -1.89. The largest absolute Gasteiger partial charge is 0.353 e. The zero-order valence-corrected chi connectivity index (χ0v) is 13.5. The number of hydrogen-bond donors (Lipinski definition) is 1. The fraction of sp³-hybridized carbons (Fsp3) is 0.667. The molecular formula is C15H24N6O. The van der Waals surface area contributed by atoms with E-state index in [0.29, 0.717) is 19.0 Å². The van der Waals surface area contributed by atoms with Gasteiger partial charge in [-0.1, -0.05) is 0 Å². The number of carbonyl (C=O) groups excluding carboxylic acids is 1. The molecule has 120 valence electrons. The normalized spacial score (nSPS) is 17.2. The number of rotatable bonds is 4. The Kier molecular flexibility index (Phi) is 4.15. The topological polar surface area (TPSA) is 68.0 Å². The van der Waals surface area contributed by atoms with Crippen LogP contribution in [0.1, 0.15) is 25.0 Å². The summed E-state index contributed by atoms with van der Waals surface area (Å²) in [4.78, 5) is 14.4. The lowest BCUT2D eigenvalue weighted by Gasteiger charge is -2.29. The maximum absolute atomic E-state index is 12.1. The second-order valence-corrected chi connectivity index (χ2v) is 6.21. The van der Waals surface area contributed by atoms with Crippen LogP contribution < -0.4 is 5.32 Å². The van der Waals surface area contributed by atoms with Gasteiger partial charge in [-0.15, -0.1) is 0 Å². The van der Waals surface area contributed by atoms with Crippen LogP contribution in [-0.4, -0.2) is 56.5 Å². The number of aryl methyl sites for hydroxylation is 3. The van der Waals surface area contributed by atoms with Crippen LogP contribution in [0, 0.1) is 6.92 Å². The molecule has 1 aliphatic heterocycles. The molecule has 0 saturated carbocycles. The van der Waals surface area contributed by atoms with Crippen LogP contribution in [0.5, 0.6) is 0 Å². The molecule has 1 N–H and O–H groups in total. The number of piperidine rings is 1. The predicted molar refractivity (Wildman–Crippen MR) is 84.5 cm³/mol. The number of likely N-dealkylation sites (tertiary alicyclic amines) is 1. The smallest absolute Gasteiger partial charge is 0.222 e. The first-order valence-corrected chi connectivity index (χ1v) is 7.87. The highest BCUT2D eigenvalue weighted by Crippen LogP contribution is 2.17. The molecule has 1 aliphatic rings. The number of fused-ring (bicyclic) bond motifs is 1. The third-order valence-electron chi connectivity index (χ3n) is 4.45. The SMILES string of the molecule is Cc1nn(C)c2cnn(CCC(=O)NC3CCN(C)CC3)c12. The van der Waals surface area contributed by atoms with Gasteiger partial charge in [0.2, 0.25) is 5.91 Å². The number of hydrogen-bond acceptors (Lipinski definition) is 4. The van der Waals surface area contributed by atoms with E-state index in [-0.39, 0.29) is 5.91 Å². The summed E-state index contributed by atoms with van der Waals surface area (Å²) in [7, 11) is 4.03. The molecule has 22 heavy (non-hydrogen) atoms. The first-order valence-electron chi connectivity index (χ1n) is 7.87. The molecule has 0 unspecified atom stereocenters.